The first kappa shape index (κ1) is 13.7. The van der Waals surface area contributed by atoms with Crippen LogP contribution in [0.15, 0.2) is 10.5 Å². The molecule has 18 heavy (non-hydrogen) atoms. The fourth-order valence-electron chi connectivity index (χ4n) is 2.36. The molecule has 1 aliphatic rings. The lowest BCUT2D eigenvalue weighted by molar-refractivity contribution is 0.296. The molecule has 4 heteroatoms. The van der Waals surface area contributed by atoms with E-state index in [2.05, 4.69) is 29.8 Å². The molecule has 1 atom stereocenters. The van der Waals surface area contributed by atoms with Gasteiger partial charge in [-0.1, -0.05) is 29.8 Å². The summed E-state index contributed by atoms with van der Waals surface area (Å²) in [7, 11) is 0. The Morgan fingerprint density at radius 1 is 1.39 bits per heavy atom. The van der Waals surface area contributed by atoms with Gasteiger partial charge in [0.2, 0.25) is 0 Å². The Balaban J connectivity index is 2.57. The van der Waals surface area contributed by atoms with Gasteiger partial charge in [-0.2, -0.15) is 0 Å². The zero-order chi connectivity index (χ0) is 13.1. The SMILES string of the molecule is CCc1c2c(cc(Br)c1C(C)CN)OCCCO2. The lowest BCUT2D eigenvalue weighted by Crippen LogP contribution is -2.13. The molecule has 2 N–H and O–H groups in total. The highest BCUT2D eigenvalue weighted by Gasteiger charge is 2.22. The second kappa shape index (κ2) is 5.93. The van der Waals surface area contributed by atoms with E-state index in [1.54, 1.807) is 0 Å². The highest BCUT2D eigenvalue weighted by Crippen LogP contribution is 2.42. The zero-order valence-electron chi connectivity index (χ0n) is 11.0. The van der Waals surface area contributed by atoms with Gasteiger partial charge < -0.3 is 15.2 Å². The average Bonchev–Trinajstić information content (AvgIpc) is 2.61. The fraction of sp³-hybridized carbons (Fsp3) is 0.571. The van der Waals surface area contributed by atoms with Crippen LogP contribution in [0.25, 0.3) is 0 Å². The van der Waals surface area contributed by atoms with E-state index in [1.807, 2.05) is 6.07 Å². The van der Waals surface area contributed by atoms with Gasteiger partial charge in [0.1, 0.15) is 0 Å². The van der Waals surface area contributed by atoms with Crippen molar-refractivity contribution < 1.29 is 9.47 Å². The van der Waals surface area contributed by atoms with Crippen molar-refractivity contribution in [3.05, 3.63) is 21.7 Å². The molecular weight excluding hydrogens is 294 g/mol. The minimum Gasteiger partial charge on any atom is -0.490 e. The number of rotatable bonds is 3. The lowest BCUT2D eigenvalue weighted by Gasteiger charge is -2.21. The van der Waals surface area contributed by atoms with Crippen LogP contribution in [-0.4, -0.2) is 19.8 Å². The third-order valence-electron chi connectivity index (χ3n) is 3.33. The number of benzene rings is 1. The number of fused-ring (bicyclic) bond motifs is 1. The first-order chi connectivity index (χ1) is 8.69. The molecule has 0 aromatic heterocycles. The van der Waals surface area contributed by atoms with E-state index in [0.717, 1.165) is 35.4 Å². The fourth-order valence-corrected chi connectivity index (χ4v) is 3.19. The highest BCUT2D eigenvalue weighted by molar-refractivity contribution is 9.10. The standard InChI is InChI=1S/C14H20BrNO2/c1-3-10-13(9(2)8-16)11(15)7-12-14(10)18-6-4-5-17-12/h7,9H,3-6,8,16H2,1-2H3. The van der Waals surface area contributed by atoms with Gasteiger partial charge in [-0.15, -0.1) is 0 Å². The molecule has 0 amide bonds. The predicted octanol–water partition coefficient (Wildman–Crippen LogP) is 3.24. The van der Waals surface area contributed by atoms with Gasteiger partial charge in [-0.3, -0.25) is 0 Å². The summed E-state index contributed by atoms with van der Waals surface area (Å²) in [6, 6.07) is 2.02. The smallest absolute Gasteiger partial charge is 0.164 e. The summed E-state index contributed by atoms with van der Waals surface area (Å²) in [4.78, 5) is 0. The van der Waals surface area contributed by atoms with Gasteiger partial charge in [-0.25, -0.2) is 0 Å². The summed E-state index contributed by atoms with van der Waals surface area (Å²) in [6.07, 6.45) is 1.85. The molecule has 0 bridgehead atoms. The van der Waals surface area contributed by atoms with Gasteiger partial charge in [0, 0.05) is 16.5 Å². The summed E-state index contributed by atoms with van der Waals surface area (Å²) in [6.45, 7) is 6.35. The highest BCUT2D eigenvalue weighted by atomic mass is 79.9. The summed E-state index contributed by atoms with van der Waals surface area (Å²) in [5.74, 6) is 2.07. The maximum Gasteiger partial charge on any atom is 0.164 e. The Morgan fingerprint density at radius 3 is 2.78 bits per heavy atom. The van der Waals surface area contributed by atoms with Crippen molar-refractivity contribution in [2.45, 2.75) is 32.6 Å². The van der Waals surface area contributed by atoms with Crippen molar-refractivity contribution in [1.82, 2.24) is 0 Å². The first-order valence-electron chi connectivity index (χ1n) is 6.50. The summed E-state index contributed by atoms with van der Waals surface area (Å²) in [5, 5.41) is 0. The number of hydrogen-bond acceptors (Lipinski definition) is 3. The molecule has 1 unspecified atom stereocenters. The van der Waals surface area contributed by atoms with Gasteiger partial charge in [-0.05, 0) is 30.5 Å². The minimum atomic E-state index is 0.312. The predicted molar refractivity (Wildman–Crippen MR) is 76.6 cm³/mol. The number of halogens is 1. The van der Waals surface area contributed by atoms with E-state index in [1.165, 1.54) is 11.1 Å². The van der Waals surface area contributed by atoms with Crippen LogP contribution in [0.1, 0.15) is 37.3 Å². The van der Waals surface area contributed by atoms with Crippen LogP contribution in [0.2, 0.25) is 0 Å². The lowest BCUT2D eigenvalue weighted by atomic mass is 9.93. The van der Waals surface area contributed by atoms with Crippen LogP contribution < -0.4 is 15.2 Å². The molecule has 0 radical (unpaired) electrons. The summed E-state index contributed by atoms with van der Waals surface area (Å²) >= 11 is 3.64. The molecule has 0 saturated heterocycles. The van der Waals surface area contributed by atoms with E-state index in [-0.39, 0.29) is 0 Å². The third-order valence-corrected chi connectivity index (χ3v) is 3.99. The maximum absolute atomic E-state index is 5.87. The Morgan fingerprint density at radius 2 is 2.11 bits per heavy atom. The van der Waals surface area contributed by atoms with E-state index >= 15 is 0 Å². The molecular formula is C14H20BrNO2. The molecule has 3 nitrogen and oxygen atoms in total. The Kier molecular flexibility index (Phi) is 4.51. The van der Waals surface area contributed by atoms with Crippen molar-refractivity contribution in [3.63, 3.8) is 0 Å². The molecule has 1 heterocycles. The molecule has 0 aliphatic carbocycles. The van der Waals surface area contributed by atoms with E-state index in [9.17, 15) is 0 Å². The topological polar surface area (TPSA) is 44.5 Å². The van der Waals surface area contributed by atoms with Gasteiger partial charge in [0.15, 0.2) is 11.5 Å². The second-order valence-electron chi connectivity index (χ2n) is 4.62. The van der Waals surface area contributed by atoms with Crippen LogP contribution in [0.5, 0.6) is 11.5 Å². The molecule has 1 aliphatic heterocycles. The number of nitrogens with two attached hydrogens (primary N) is 1. The van der Waals surface area contributed by atoms with Gasteiger partial charge >= 0.3 is 0 Å². The monoisotopic (exact) mass is 313 g/mol. The molecule has 100 valence electrons. The number of hydrogen-bond donors (Lipinski definition) is 1. The molecule has 0 saturated carbocycles. The third kappa shape index (κ3) is 2.50. The first-order valence-corrected chi connectivity index (χ1v) is 7.29. The maximum atomic E-state index is 5.87. The normalized spacial score (nSPS) is 16.2. The molecule has 0 spiro atoms. The van der Waals surface area contributed by atoms with Crippen LogP contribution >= 0.6 is 15.9 Å². The van der Waals surface area contributed by atoms with Crippen molar-refractivity contribution in [2.24, 2.45) is 5.73 Å². The van der Waals surface area contributed by atoms with Crippen LogP contribution in [0, 0.1) is 0 Å². The van der Waals surface area contributed by atoms with E-state index in [0.29, 0.717) is 19.1 Å². The van der Waals surface area contributed by atoms with Gasteiger partial charge in [0.25, 0.3) is 0 Å². The minimum absolute atomic E-state index is 0.312. The number of ether oxygens (including phenoxy) is 2. The summed E-state index contributed by atoms with van der Waals surface area (Å²) < 4.78 is 12.7. The summed E-state index contributed by atoms with van der Waals surface area (Å²) in [5.41, 5.74) is 8.29. The second-order valence-corrected chi connectivity index (χ2v) is 5.47. The Bertz CT molecular complexity index is 434. The van der Waals surface area contributed by atoms with Crippen molar-refractivity contribution in [2.75, 3.05) is 19.8 Å². The average molecular weight is 314 g/mol. The van der Waals surface area contributed by atoms with Crippen molar-refractivity contribution in [1.29, 1.82) is 0 Å². The zero-order valence-corrected chi connectivity index (χ0v) is 12.5. The Hall–Kier alpha value is -0.740. The molecule has 1 aromatic rings. The van der Waals surface area contributed by atoms with Crippen LogP contribution in [0.4, 0.5) is 0 Å². The molecule has 2 rings (SSSR count). The van der Waals surface area contributed by atoms with Crippen LogP contribution in [0.3, 0.4) is 0 Å². The van der Waals surface area contributed by atoms with Gasteiger partial charge in [0.05, 0.1) is 13.2 Å². The van der Waals surface area contributed by atoms with E-state index < -0.39 is 0 Å². The van der Waals surface area contributed by atoms with Crippen molar-refractivity contribution >= 4 is 15.9 Å². The van der Waals surface area contributed by atoms with Crippen LogP contribution in [-0.2, 0) is 6.42 Å². The van der Waals surface area contributed by atoms with E-state index in [4.69, 9.17) is 15.2 Å². The molecule has 1 aromatic carbocycles. The Labute approximate surface area is 117 Å². The largest absolute Gasteiger partial charge is 0.490 e. The molecule has 0 fully saturated rings. The quantitative estimate of drug-likeness (QED) is 0.931. The van der Waals surface area contributed by atoms with Crippen molar-refractivity contribution in [3.8, 4) is 11.5 Å².